The van der Waals surface area contributed by atoms with Crippen LogP contribution in [0, 0.1) is 0 Å². The highest BCUT2D eigenvalue weighted by Crippen LogP contribution is 2.07. The van der Waals surface area contributed by atoms with Gasteiger partial charge in [-0.25, -0.2) is 0 Å². The van der Waals surface area contributed by atoms with Crippen molar-refractivity contribution in [3.05, 3.63) is 36.0 Å². The minimum atomic E-state index is 0.230. The largest absolute Gasteiger partial charge is 0.395 e. The summed E-state index contributed by atoms with van der Waals surface area (Å²) in [7, 11) is 0. The molecule has 0 amide bonds. The third-order valence-corrected chi connectivity index (χ3v) is 3.52. The molecule has 108 valence electrons. The first-order valence-corrected chi connectivity index (χ1v) is 7.38. The molecule has 0 saturated carbocycles. The minimum Gasteiger partial charge on any atom is -0.395 e. The summed E-state index contributed by atoms with van der Waals surface area (Å²) < 4.78 is 0. The summed E-state index contributed by atoms with van der Waals surface area (Å²) in [5.41, 5.74) is 1.35. The Hall–Kier alpha value is -0.900. The Kier molecular flexibility index (Phi) is 8.47. The summed E-state index contributed by atoms with van der Waals surface area (Å²) in [6, 6.07) is 0. The lowest BCUT2D eigenvalue weighted by atomic mass is 10.2. The van der Waals surface area contributed by atoms with Gasteiger partial charge in [0.15, 0.2) is 0 Å². The van der Waals surface area contributed by atoms with Crippen LogP contribution in [0.15, 0.2) is 36.0 Å². The highest BCUT2D eigenvalue weighted by Gasteiger charge is 2.08. The molecule has 1 aliphatic rings. The van der Waals surface area contributed by atoms with Crippen molar-refractivity contribution >= 4 is 0 Å². The van der Waals surface area contributed by atoms with Crippen LogP contribution < -0.4 is 0 Å². The Labute approximate surface area is 117 Å². The van der Waals surface area contributed by atoms with E-state index in [0.717, 1.165) is 45.7 Å². The van der Waals surface area contributed by atoms with Crippen LogP contribution in [0.4, 0.5) is 0 Å². The first kappa shape index (κ1) is 16.2. The average molecular weight is 264 g/mol. The highest BCUT2D eigenvalue weighted by molar-refractivity contribution is 5.27. The second-order valence-electron chi connectivity index (χ2n) is 4.83. The van der Waals surface area contributed by atoms with E-state index in [1.54, 1.807) is 0 Å². The summed E-state index contributed by atoms with van der Waals surface area (Å²) in [5, 5.41) is 9.20. The van der Waals surface area contributed by atoms with Crippen LogP contribution in [0.3, 0.4) is 0 Å². The van der Waals surface area contributed by atoms with Gasteiger partial charge in [0.2, 0.25) is 0 Å². The zero-order valence-electron chi connectivity index (χ0n) is 12.4. The lowest BCUT2D eigenvalue weighted by Gasteiger charge is -2.26. The molecule has 1 N–H and O–H groups in total. The van der Waals surface area contributed by atoms with Gasteiger partial charge in [0.25, 0.3) is 0 Å². The van der Waals surface area contributed by atoms with E-state index in [1.807, 2.05) is 0 Å². The smallest absolute Gasteiger partial charge is 0.0558 e. The molecule has 0 atom stereocenters. The molecule has 0 unspecified atom stereocenters. The number of hydrogen-bond acceptors (Lipinski definition) is 3. The monoisotopic (exact) mass is 264 g/mol. The minimum absolute atomic E-state index is 0.230. The van der Waals surface area contributed by atoms with E-state index < -0.39 is 0 Å². The standard InChI is InChI=1S/C16H28N2O/c1-3-17(4-2)11-12-18(13-14-19)15-16-9-7-5-6-8-10-16/h5-7,9-10,19H,3-4,8,11-15H2,1-2H3. The van der Waals surface area contributed by atoms with E-state index in [-0.39, 0.29) is 6.61 Å². The van der Waals surface area contributed by atoms with Crippen molar-refractivity contribution in [2.45, 2.75) is 20.3 Å². The molecule has 0 aromatic carbocycles. The van der Waals surface area contributed by atoms with Gasteiger partial charge >= 0.3 is 0 Å². The molecule has 0 aliphatic heterocycles. The van der Waals surface area contributed by atoms with Crippen LogP contribution in [0.2, 0.25) is 0 Å². The molecule has 0 heterocycles. The summed E-state index contributed by atoms with van der Waals surface area (Å²) in [6.07, 6.45) is 11.8. The number of aliphatic hydroxyl groups is 1. The van der Waals surface area contributed by atoms with Crippen LogP contribution in [-0.4, -0.2) is 60.8 Å². The fourth-order valence-electron chi connectivity index (χ4n) is 2.23. The molecule has 0 bridgehead atoms. The Bertz CT molecular complexity index is 317. The van der Waals surface area contributed by atoms with Gasteiger partial charge in [-0.15, -0.1) is 0 Å². The van der Waals surface area contributed by atoms with Gasteiger partial charge in [0, 0.05) is 26.2 Å². The van der Waals surface area contributed by atoms with E-state index >= 15 is 0 Å². The summed E-state index contributed by atoms with van der Waals surface area (Å²) in [5.74, 6) is 0. The molecule has 1 rings (SSSR count). The normalized spacial score (nSPS) is 15.1. The Morgan fingerprint density at radius 2 is 1.79 bits per heavy atom. The number of likely N-dealkylation sites (N-methyl/N-ethyl adjacent to an activating group) is 1. The van der Waals surface area contributed by atoms with Crippen LogP contribution in [-0.2, 0) is 0 Å². The van der Waals surface area contributed by atoms with Crippen molar-refractivity contribution in [2.75, 3.05) is 45.9 Å². The van der Waals surface area contributed by atoms with Gasteiger partial charge < -0.3 is 10.0 Å². The molecule has 0 saturated heterocycles. The van der Waals surface area contributed by atoms with Gasteiger partial charge in [-0.1, -0.05) is 44.2 Å². The van der Waals surface area contributed by atoms with Gasteiger partial charge in [0.05, 0.1) is 6.61 Å². The number of aliphatic hydroxyl groups excluding tert-OH is 1. The lowest BCUT2D eigenvalue weighted by molar-refractivity contribution is 0.182. The molecular weight excluding hydrogens is 236 g/mol. The van der Waals surface area contributed by atoms with E-state index in [0.29, 0.717) is 0 Å². The number of rotatable bonds is 9. The van der Waals surface area contributed by atoms with Crippen LogP contribution in [0.1, 0.15) is 20.3 Å². The summed E-state index contributed by atoms with van der Waals surface area (Å²) in [6.45, 7) is 10.6. The second kappa shape index (κ2) is 9.96. The Morgan fingerprint density at radius 1 is 1.05 bits per heavy atom. The molecule has 19 heavy (non-hydrogen) atoms. The van der Waals surface area contributed by atoms with Crippen molar-refractivity contribution in [3.8, 4) is 0 Å². The second-order valence-corrected chi connectivity index (χ2v) is 4.83. The molecule has 0 aromatic heterocycles. The quantitative estimate of drug-likeness (QED) is 0.690. The first-order chi connectivity index (χ1) is 9.30. The van der Waals surface area contributed by atoms with Gasteiger partial charge in [-0.2, -0.15) is 0 Å². The van der Waals surface area contributed by atoms with E-state index in [1.165, 1.54) is 5.57 Å². The number of hydrogen-bond donors (Lipinski definition) is 1. The highest BCUT2D eigenvalue weighted by atomic mass is 16.3. The van der Waals surface area contributed by atoms with E-state index in [2.05, 4.69) is 54.0 Å². The van der Waals surface area contributed by atoms with E-state index in [4.69, 9.17) is 0 Å². The van der Waals surface area contributed by atoms with Gasteiger partial charge in [-0.05, 0) is 25.1 Å². The molecule has 0 fully saturated rings. The first-order valence-electron chi connectivity index (χ1n) is 7.38. The topological polar surface area (TPSA) is 26.7 Å². The lowest BCUT2D eigenvalue weighted by Crippen LogP contribution is -2.37. The third kappa shape index (κ3) is 6.71. The van der Waals surface area contributed by atoms with Gasteiger partial charge in [0.1, 0.15) is 0 Å². The molecule has 1 aliphatic carbocycles. The molecule has 0 aromatic rings. The molecule has 0 radical (unpaired) electrons. The van der Waals surface area contributed by atoms with Crippen molar-refractivity contribution in [3.63, 3.8) is 0 Å². The number of nitrogens with zero attached hydrogens (tertiary/aromatic N) is 2. The van der Waals surface area contributed by atoms with Crippen LogP contribution in [0.5, 0.6) is 0 Å². The number of allylic oxidation sites excluding steroid dienone is 4. The molecule has 3 heteroatoms. The van der Waals surface area contributed by atoms with Gasteiger partial charge in [-0.3, -0.25) is 4.90 Å². The predicted molar refractivity (Wildman–Crippen MR) is 82.3 cm³/mol. The predicted octanol–water partition coefficient (Wildman–Crippen LogP) is 2.06. The van der Waals surface area contributed by atoms with Crippen LogP contribution in [0.25, 0.3) is 0 Å². The third-order valence-electron chi connectivity index (χ3n) is 3.52. The Morgan fingerprint density at radius 3 is 2.47 bits per heavy atom. The maximum absolute atomic E-state index is 9.20. The SMILES string of the molecule is CCN(CC)CCN(CCO)CC1=CCC=CC=C1. The summed E-state index contributed by atoms with van der Waals surface area (Å²) >= 11 is 0. The maximum Gasteiger partial charge on any atom is 0.0558 e. The van der Waals surface area contributed by atoms with Crippen molar-refractivity contribution in [1.29, 1.82) is 0 Å². The maximum atomic E-state index is 9.20. The fraction of sp³-hybridized carbons (Fsp3) is 0.625. The fourth-order valence-corrected chi connectivity index (χ4v) is 2.23. The molecular formula is C16H28N2O. The van der Waals surface area contributed by atoms with Crippen LogP contribution >= 0.6 is 0 Å². The van der Waals surface area contributed by atoms with E-state index in [9.17, 15) is 5.11 Å². The molecule has 0 spiro atoms. The molecule has 3 nitrogen and oxygen atoms in total. The van der Waals surface area contributed by atoms with Crippen molar-refractivity contribution in [2.24, 2.45) is 0 Å². The summed E-state index contributed by atoms with van der Waals surface area (Å²) in [4.78, 5) is 4.75. The van der Waals surface area contributed by atoms with Crippen molar-refractivity contribution in [1.82, 2.24) is 9.80 Å². The average Bonchev–Trinajstić information content (AvgIpc) is 2.68. The Balaban J connectivity index is 2.45. The zero-order valence-corrected chi connectivity index (χ0v) is 12.4. The zero-order chi connectivity index (χ0) is 13.9. The van der Waals surface area contributed by atoms with Crippen molar-refractivity contribution < 1.29 is 5.11 Å².